The number of nitrogens with zero attached hydrogens (tertiary/aromatic N) is 4. The molecule has 9 heteroatoms. The Hall–Kier alpha value is -3.75. The number of hydrazone groups is 1. The van der Waals surface area contributed by atoms with E-state index >= 15 is 0 Å². The number of thiazole rings is 1. The number of fused-ring (bicyclic) bond motifs is 3. The molecule has 0 amide bonds. The highest BCUT2D eigenvalue weighted by Gasteiger charge is 2.43. The zero-order valence-corrected chi connectivity index (χ0v) is 20.9. The third-order valence-electron chi connectivity index (χ3n) is 6.80. The van der Waals surface area contributed by atoms with E-state index in [2.05, 4.69) is 24.3 Å². The molecule has 180 valence electrons. The molecule has 2 atom stereocenters. The van der Waals surface area contributed by atoms with Crippen LogP contribution >= 0.6 is 22.9 Å². The smallest absolute Gasteiger partial charge is 0.269 e. The normalized spacial score (nSPS) is 18.4. The van der Waals surface area contributed by atoms with Gasteiger partial charge in [0, 0.05) is 39.6 Å². The van der Waals surface area contributed by atoms with Crippen LogP contribution in [0.15, 0.2) is 77.2 Å². The van der Waals surface area contributed by atoms with Gasteiger partial charge in [0.1, 0.15) is 5.75 Å². The molecule has 1 aliphatic heterocycles. The van der Waals surface area contributed by atoms with Gasteiger partial charge < -0.3 is 4.74 Å². The number of ether oxygens (including phenoxy) is 1. The number of benzene rings is 3. The van der Waals surface area contributed by atoms with Gasteiger partial charge in [0.2, 0.25) is 5.13 Å². The second-order valence-corrected chi connectivity index (χ2v) is 10.1. The highest BCUT2D eigenvalue weighted by Crippen LogP contribution is 2.47. The molecule has 0 saturated carbocycles. The molecule has 1 aliphatic carbocycles. The van der Waals surface area contributed by atoms with Crippen LogP contribution in [0.3, 0.4) is 0 Å². The fourth-order valence-electron chi connectivity index (χ4n) is 5.04. The maximum Gasteiger partial charge on any atom is 0.269 e. The number of anilines is 1. The van der Waals surface area contributed by atoms with E-state index < -0.39 is 4.92 Å². The van der Waals surface area contributed by atoms with Gasteiger partial charge in [0.05, 0.1) is 29.5 Å². The van der Waals surface area contributed by atoms with Gasteiger partial charge in [0.15, 0.2) is 0 Å². The third-order valence-corrected chi connectivity index (χ3v) is 7.88. The Morgan fingerprint density at radius 2 is 1.89 bits per heavy atom. The molecule has 3 aromatic carbocycles. The Labute approximate surface area is 216 Å². The number of halogens is 1. The molecule has 0 unspecified atom stereocenters. The van der Waals surface area contributed by atoms with Gasteiger partial charge in [-0.3, -0.25) is 10.1 Å². The molecule has 7 nitrogen and oxygen atoms in total. The first-order chi connectivity index (χ1) is 17.5. The molecule has 0 radical (unpaired) electrons. The molecular weight excluding hydrogens is 496 g/mol. The van der Waals surface area contributed by atoms with Gasteiger partial charge in [-0.1, -0.05) is 23.7 Å². The molecule has 36 heavy (non-hydrogen) atoms. The summed E-state index contributed by atoms with van der Waals surface area (Å²) in [6.07, 6.45) is 1.91. The van der Waals surface area contributed by atoms with Crippen LogP contribution in [0.2, 0.25) is 5.02 Å². The summed E-state index contributed by atoms with van der Waals surface area (Å²) in [6.45, 7) is 0. The average molecular weight is 517 g/mol. The minimum atomic E-state index is -0.400. The van der Waals surface area contributed by atoms with E-state index in [1.807, 2.05) is 28.6 Å². The Bertz CT molecular complexity index is 1480. The lowest BCUT2D eigenvalue weighted by molar-refractivity contribution is -0.384. The summed E-state index contributed by atoms with van der Waals surface area (Å²) in [6, 6.07) is 20.6. The van der Waals surface area contributed by atoms with E-state index in [1.54, 1.807) is 19.2 Å². The number of nitro benzene ring substituents is 1. The number of hydrogen-bond acceptors (Lipinski definition) is 7. The Balaban J connectivity index is 1.41. The van der Waals surface area contributed by atoms with Crippen molar-refractivity contribution in [1.29, 1.82) is 0 Å². The van der Waals surface area contributed by atoms with Crippen molar-refractivity contribution in [3.8, 4) is 17.0 Å². The molecule has 2 aliphatic rings. The summed E-state index contributed by atoms with van der Waals surface area (Å²) in [5.74, 6) is 1.06. The van der Waals surface area contributed by atoms with Crippen LogP contribution < -0.4 is 9.75 Å². The van der Waals surface area contributed by atoms with E-state index in [0.29, 0.717) is 5.02 Å². The van der Waals surface area contributed by atoms with Crippen molar-refractivity contribution < 1.29 is 9.66 Å². The first-order valence-electron chi connectivity index (χ1n) is 11.5. The summed E-state index contributed by atoms with van der Waals surface area (Å²) < 4.78 is 5.44. The zero-order valence-electron chi connectivity index (χ0n) is 19.3. The number of rotatable bonds is 5. The van der Waals surface area contributed by atoms with E-state index in [-0.39, 0.29) is 17.6 Å². The van der Waals surface area contributed by atoms with Crippen LogP contribution in [0.4, 0.5) is 10.8 Å². The predicted molar refractivity (Wildman–Crippen MR) is 142 cm³/mol. The van der Waals surface area contributed by atoms with Gasteiger partial charge in [-0.25, -0.2) is 9.99 Å². The lowest BCUT2D eigenvalue weighted by Crippen LogP contribution is -2.28. The fraction of sp³-hybridized carbons (Fsp3) is 0.185. The van der Waals surface area contributed by atoms with Crippen molar-refractivity contribution in [3.05, 3.63) is 104 Å². The van der Waals surface area contributed by atoms with Crippen molar-refractivity contribution in [1.82, 2.24) is 4.98 Å². The minimum Gasteiger partial charge on any atom is -0.497 e. The number of non-ortho nitro benzene ring substituents is 1. The second kappa shape index (κ2) is 9.04. The summed E-state index contributed by atoms with van der Waals surface area (Å²) in [5.41, 5.74) is 6.24. The van der Waals surface area contributed by atoms with Gasteiger partial charge in [0.25, 0.3) is 5.69 Å². The fourth-order valence-corrected chi connectivity index (χ4v) is 5.98. The first-order valence-corrected chi connectivity index (χ1v) is 12.8. The lowest BCUT2D eigenvalue weighted by atomic mass is 9.77. The molecule has 6 rings (SSSR count). The zero-order chi connectivity index (χ0) is 24.8. The molecule has 0 saturated heterocycles. The molecule has 0 bridgehead atoms. The maximum atomic E-state index is 11.0. The summed E-state index contributed by atoms with van der Waals surface area (Å²) >= 11 is 7.71. The molecule has 0 fully saturated rings. The van der Waals surface area contributed by atoms with E-state index in [0.717, 1.165) is 51.8 Å². The number of aryl methyl sites for hydroxylation is 1. The van der Waals surface area contributed by atoms with Crippen LogP contribution in [0.5, 0.6) is 5.75 Å². The average Bonchev–Trinajstić information content (AvgIpc) is 3.54. The quantitative estimate of drug-likeness (QED) is 0.213. The number of methoxy groups -OCH3 is 1. The molecule has 2 heterocycles. The first kappa shape index (κ1) is 22.7. The van der Waals surface area contributed by atoms with Crippen molar-refractivity contribution >= 4 is 39.5 Å². The van der Waals surface area contributed by atoms with Gasteiger partial charge in [-0.05, 0) is 66.4 Å². The highest BCUT2D eigenvalue weighted by atomic mass is 35.5. The van der Waals surface area contributed by atoms with Gasteiger partial charge in [-0.2, -0.15) is 5.10 Å². The van der Waals surface area contributed by atoms with Crippen LogP contribution in [-0.4, -0.2) is 22.7 Å². The van der Waals surface area contributed by atoms with Gasteiger partial charge >= 0.3 is 0 Å². The van der Waals surface area contributed by atoms with E-state index in [1.165, 1.54) is 29.0 Å². The van der Waals surface area contributed by atoms with Crippen LogP contribution in [-0.2, 0) is 6.42 Å². The molecular formula is C27H21ClN4O3S. The van der Waals surface area contributed by atoms with Crippen molar-refractivity contribution in [2.75, 3.05) is 12.1 Å². The van der Waals surface area contributed by atoms with Crippen molar-refractivity contribution in [2.45, 2.75) is 18.9 Å². The predicted octanol–water partition coefficient (Wildman–Crippen LogP) is 6.91. The summed E-state index contributed by atoms with van der Waals surface area (Å²) in [4.78, 5) is 15.5. The third kappa shape index (κ3) is 3.92. The van der Waals surface area contributed by atoms with Crippen LogP contribution in [0.25, 0.3) is 11.3 Å². The Morgan fingerprint density at radius 1 is 1.11 bits per heavy atom. The summed E-state index contributed by atoms with van der Waals surface area (Å²) in [5, 5.41) is 21.6. The topological polar surface area (TPSA) is 80.9 Å². The van der Waals surface area contributed by atoms with Crippen LogP contribution in [0.1, 0.15) is 29.2 Å². The molecule has 0 N–H and O–H groups in total. The summed E-state index contributed by atoms with van der Waals surface area (Å²) in [7, 11) is 1.68. The van der Waals surface area contributed by atoms with Crippen molar-refractivity contribution in [2.24, 2.45) is 11.0 Å². The number of nitro groups is 1. The maximum absolute atomic E-state index is 11.0. The monoisotopic (exact) mass is 516 g/mol. The Kier molecular flexibility index (Phi) is 5.70. The standard InChI is InChI=1S/C27H21ClN4O3S/c1-35-21-11-13-22-18(14-21)6-12-23-25(22)30-31(26(23)17-2-7-19(28)8-3-17)27-29-24(15-36-27)16-4-9-20(10-5-16)32(33)34/h2-5,7-11,13-15,23,26H,6,12H2,1H3/t23-,26+/m0/s1. The molecule has 4 aromatic rings. The molecule has 0 spiro atoms. The highest BCUT2D eigenvalue weighted by molar-refractivity contribution is 7.14. The van der Waals surface area contributed by atoms with Crippen LogP contribution in [0, 0.1) is 16.0 Å². The molecule has 1 aromatic heterocycles. The largest absolute Gasteiger partial charge is 0.497 e. The number of aromatic nitrogens is 1. The lowest BCUT2D eigenvalue weighted by Gasteiger charge is -2.29. The minimum absolute atomic E-state index is 0.0108. The van der Waals surface area contributed by atoms with Gasteiger partial charge in [-0.15, -0.1) is 11.3 Å². The SMILES string of the molecule is COc1ccc2c(c1)CC[C@H]1C2=NN(c2nc(-c3ccc([N+](=O)[O-])cc3)cs2)[C@@H]1c1ccc(Cl)cc1. The van der Waals surface area contributed by atoms with E-state index in [9.17, 15) is 10.1 Å². The van der Waals surface area contributed by atoms with E-state index in [4.69, 9.17) is 26.4 Å². The Morgan fingerprint density at radius 3 is 2.61 bits per heavy atom. The second-order valence-electron chi connectivity index (χ2n) is 8.81. The van der Waals surface area contributed by atoms with Crippen molar-refractivity contribution in [3.63, 3.8) is 0 Å². The number of hydrogen-bond donors (Lipinski definition) is 0.